The first-order chi connectivity index (χ1) is 23.5. The molecule has 3 atom stereocenters. The van der Waals surface area contributed by atoms with Gasteiger partial charge >= 0.3 is 29.3 Å². The van der Waals surface area contributed by atoms with Gasteiger partial charge in [0.05, 0.1) is 51.2 Å². The van der Waals surface area contributed by atoms with Gasteiger partial charge in [0.25, 0.3) is 0 Å². The van der Waals surface area contributed by atoms with Crippen molar-refractivity contribution in [3.8, 4) is 0 Å². The third-order valence-corrected chi connectivity index (χ3v) is 8.98. The highest BCUT2D eigenvalue weighted by atomic mass is 16.6. The zero-order valence-electron chi connectivity index (χ0n) is 28.7. The van der Waals surface area contributed by atoms with Crippen LogP contribution in [0.25, 0.3) is 0 Å². The number of aromatic nitrogens is 3. The molecule has 3 saturated heterocycles. The average Bonchev–Trinajstić information content (AvgIpc) is 3.08. The van der Waals surface area contributed by atoms with E-state index < -0.39 is 60.7 Å². The summed E-state index contributed by atoms with van der Waals surface area (Å²) >= 11 is 0. The Balaban J connectivity index is 1.48. The van der Waals surface area contributed by atoms with Crippen molar-refractivity contribution in [2.45, 2.75) is 51.8 Å². The lowest BCUT2D eigenvalue weighted by molar-refractivity contribution is 0.0491. The number of amides is 2. The van der Waals surface area contributed by atoms with E-state index in [1.54, 1.807) is 23.6 Å². The number of nitrogens with one attached hydrogen (secondary N) is 1. The van der Waals surface area contributed by atoms with Crippen molar-refractivity contribution in [1.29, 1.82) is 0 Å². The Labute approximate surface area is 284 Å². The van der Waals surface area contributed by atoms with Gasteiger partial charge in [-0.2, -0.15) is 0 Å². The minimum Gasteiger partial charge on any atom is -0.450 e. The first-order valence-corrected chi connectivity index (χ1v) is 17.2. The summed E-state index contributed by atoms with van der Waals surface area (Å²) in [6.45, 7) is 9.45. The summed E-state index contributed by atoms with van der Waals surface area (Å²) in [5.41, 5.74) is -2.89. The zero-order chi connectivity index (χ0) is 35.5. The number of hydrogen-bond donors (Lipinski definition) is 4. The fourth-order valence-corrected chi connectivity index (χ4v) is 6.40. The summed E-state index contributed by atoms with van der Waals surface area (Å²) in [7, 11) is 0. The molecule has 4 N–H and O–H groups in total. The smallest absolute Gasteiger partial charge is 0.409 e. The Kier molecular flexibility index (Phi) is 14.6. The minimum absolute atomic E-state index is 0.105. The van der Waals surface area contributed by atoms with Crippen LogP contribution in [0.3, 0.4) is 0 Å². The topological polar surface area (TPSA) is 208 Å². The molecule has 0 bridgehead atoms. The van der Waals surface area contributed by atoms with Crippen molar-refractivity contribution in [1.82, 2.24) is 43.5 Å². The summed E-state index contributed by atoms with van der Waals surface area (Å²) in [5, 5.41) is 36.1. The summed E-state index contributed by atoms with van der Waals surface area (Å²) in [6.07, 6.45) is -4.26. The van der Waals surface area contributed by atoms with E-state index in [9.17, 15) is 39.3 Å². The quantitative estimate of drug-likeness (QED) is 0.145. The lowest BCUT2D eigenvalue weighted by Crippen LogP contribution is -2.59. The van der Waals surface area contributed by atoms with Crippen LogP contribution in [0.5, 0.6) is 0 Å². The van der Waals surface area contributed by atoms with Crippen molar-refractivity contribution in [3.05, 3.63) is 31.5 Å². The molecule has 19 heteroatoms. The van der Waals surface area contributed by atoms with Gasteiger partial charge < -0.3 is 39.9 Å². The van der Waals surface area contributed by atoms with E-state index in [0.717, 1.165) is 26.8 Å². The van der Waals surface area contributed by atoms with Gasteiger partial charge in [0.2, 0.25) is 0 Å². The van der Waals surface area contributed by atoms with E-state index in [-0.39, 0.29) is 39.4 Å². The minimum atomic E-state index is -1.18. The Morgan fingerprint density at radius 1 is 0.551 bits per heavy atom. The van der Waals surface area contributed by atoms with Crippen LogP contribution in [0.4, 0.5) is 9.59 Å². The molecule has 0 spiro atoms. The number of aliphatic hydroxyl groups is 3. The molecule has 1 aromatic rings. The predicted molar refractivity (Wildman–Crippen MR) is 177 cm³/mol. The Bertz CT molecular complexity index is 1310. The van der Waals surface area contributed by atoms with Gasteiger partial charge in [-0.05, 0) is 13.8 Å². The first kappa shape index (κ1) is 38.5. The Morgan fingerprint density at radius 3 is 1.16 bits per heavy atom. The maximum atomic E-state index is 13.6. The van der Waals surface area contributed by atoms with Crippen LogP contribution >= 0.6 is 0 Å². The van der Waals surface area contributed by atoms with Crippen molar-refractivity contribution < 1.29 is 34.4 Å². The number of rotatable bonds is 14. The summed E-state index contributed by atoms with van der Waals surface area (Å²) in [6, 6.07) is 0. The second-order valence-electron chi connectivity index (χ2n) is 12.7. The van der Waals surface area contributed by atoms with Crippen LogP contribution in [0.15, 0.2) is 14.4 Å². The molecule has 3 aliphatic heterocycles. The third-order valence-electron chi connectivity index (χ3n) is 8.98. The molecule has 1 aromatic heterocycles. The molecule has 4 rings (SSSR count). The van der Waals surface area contributed by atoms with Gasteiger partial charge in [-0.1, -0.05) is 0 Å². The fourth-order valence-electron chi connectivity index (χ4n) is 6.40. The number of carbonyl (C=O) groups is 2. The number of carbonyl (C=O) groups excluding carboxylic acids is 2. The Morgan fingerprint density at radius 2 is 0.857 bits per heavy atom. The maximum Gasteiger partial charge on any atom is 0.409 e. The van der Waals surface area contributed by atoms with Crippen molar-refractivity contribution in [2.75, 3.05) is 111 Å². The van der Waals surface area contributed by atoms with Crippen molar-refractivity contribution in [2.24, 2.45) is 0 Å². The van der Waals surface area contributed by atoms with Crippen molar-refractivity contribution >= 4 is 12.2 Å². The molecule has 3 aliphatic rings. The molecule has 4 heterocycles. The van der Waals surface area contributed by atoms with Gasteiger partial charge in [-0.15, -0.1) is 0 Å². The highest BCUT2D eigenvalue weighted by molar-refractivity contribution is 5.68. The summed E-state index contributed by atoms with van der Waals surface area (Å²) in [4.78, 5) is 73.9. The summed E-state index contributed by atoms with van der Waals surface area (Å²) < 4.78 is 12.5. The van der Waals surface area contributed by atoms with Gasteiger partial charge in [0.15, 0.2) is 0 Å². The largest absolute Gasteiger partial charge is 0.450 e. The second kappa shape index (κ2) is 18.6. The molecule has 3 unspecified atom stereocenters. The number of β-amino-alcohol motifs (C(OH)–C–C–N with tert-alkyl or cyclic N) is 3. The standard InChI is InChI=1S/C30H53N9O10/c1-3-48-29(46)35-13-9-33(10-14-35)18-24(41)21-38-26(43)37(20-23(40)17-32-7-5-31-6-8-32)27(44)39(28(38)45)22-25(42)19-34-11-15-36(16-12-34)30(47)49-4-2/h23-25,31,40-42H,3-22H2,1-2H3. The van der Waals surface area contributed by atoms with Gasteiger partial charge in [-0.3, -0.25) is 14.7 Å². The number of ether oxygens (including phenoxy) is 2. The molecule has 0 aromatic carbocycles. The average molecular weight is 700 g/mol. The van der Waals surface area contributed by atoms with Crippen LogP contribution in [0.1, 0.15) is 13.8 Å². The van der Waals surface area contributed by atoms with E-state index >= 15 is 0 Å². The van der Waals surface area contributed by atoms with E-state index in [1.807, 2.05) is 14.7 Å². The van der Waals surface area contributed by atoms with Crippen LogP contribution in [0.2, 0.25) is 0 Å². The molecule has 0 aliphatic carbocycles. The van der Waals surface area contributed by atoms with Gasteiger partial charge in [0, 0.05) is 98.2 Å². The first-order valence-electron chi connectivity index (χ1n) is 17.2. The molecule has 2 amide bonds. The van der Waals surface area contributed by atoms with Crippen LogP contribution < -0.4 is 22.4 Å². The predicted octanol–water partition coefficient (Wildman–Crippen LogP) is -4.29. The summed E-state index contributed by atoms with van der Waals surface area (Å²) in [5.74, 6) is 0. The molecular weight excluding hydrogens is 646 g/mol. The Hall–Kier alpha value is -3.33. The maximum absolute atomic E-state index is 13.6. The van der Waals surface area contributed by atoms with Crippen LogP contribution in [-0.4, -0.2) is 195 Å². The molecule has 19 nitrogen and oxygen atoms in total. The molecule has 3 fully saturated rings. The monoisotopic (exact) mass is 699 g/mol. The second-order valence-corrected chi connectivity index (χ2v) is 12.7. The van der Waals surface area contributed by atoms with Gasteiger partial charge in [-0.25, -0.2) is 37.7 Å². The van der Waals surface area contributed by atoms with Gasteiger partial charge in [0.1, 0.15) is 0 Å². The van der Waals surface area contributed by atoms with E-state index in [2.05, 4.69) is 5.32 Å². The number of aliphatic hydroxyl groups excluding tert-OH is 3. The lowest BCUT2D eigenvalue weighted by atomic mass is 10.2. The normalized spacial score (nSPS) is 20.2. The lowest BCUT2D eigenvalue weighted by Gasteiger charge is -2.35. The fraction of sp³-hybridized carbons (Fsp3) is 0.833. The zero-order valence-corrected chi connectivity index (χ0v) is 28.7. The number of hydrogen-bond acceptors (Lipinski definition) is 14. The SMILES string of the molecule is CCOC(=O)N1CCN(CC(O)Cn2c(=O)n(CC(O)CN3CCNCC3)c(=O)n(CC(O)CN3CCN(C(=O)OCC)CC3)c2=O)CC1. The molecular formula is C30H53N9O10. The van der Waals surface area contributed by atoms with Crippen LogP contribution in [-0.2, 0) is 29.1 Å². The highest BCUT2D eigenvalue weighted by Gasteiger charge is 2.28. The van der Waals surface area contributed by atoms with Crippen LogP contribution in [0, 0.1) is 0 Å². The van der Waals surface area contributed by atoms with E-state index in [0.29, 0.717) is 65.4 Å². The molecule has 0 saturated carbocycles. The van der Waals surface area contributed by atoms with E-state index in [1.165, 1.54) is 0 Å². The number of nitrogens with zero attached hydrogens (tertiary/aromatic N) is 8. The molecule has 278 valence electrons. The molecule has 0 radical (unpaired) electrons. The molecule has 49 heavy (non-hydrogen) atoms. The third kappa shape index (κ3) is 10.8. The highest BCUT2D eigenvalue weighted by Crippen LogP contribution is 2.07. The van der Waals surface area contributed by atoms with Crippen molar-refractivity contribution in [3.63, 3.8) is 0 Å². The number of piperazine rings is 3. The van der Waals surface area contributed by atoms with E-state index in [4.69, 9.17) is 9.47 Å².